The van der Waals surface area contributed by atoms with Crippen molar-refractivity contribution in [1.29, 1.82) is 0 Å². The summed E-state index contributed by atoms with van der Waals surface area (Å²) in [5.41, 5.74) is 3.57. The van der Waals surface area contributed by atoms with E-state index in [1.54, 1.807) is 14.1 Å². The van der Waals surface area contributed by atoms with Crippen LogP contribution in [-0.4, -0.2) is 31.6 Å². The van der Waals surface area contributed by atoms with Gasteiger partial charge in [0, 0.05) is 31.5 Å². The Kier molecular flexibility index (Phi) is 7.56. The lowest BCUT2D eigenvalue weighted by molar-refractivity contribution is -0.124. The van der Waals surface area contributed by atoms with Crippen LogP contribution in [0.1, 0.15) is 54.3 Å². The smallest absolute Gasteiger partial charge is 0.289 e. The Morgan fingerprint density at radius 2 is 1.50 bits per heavy atom. The van der Waals surface area contributed by atoms with Crippen molar-refractivity contribution in [3.05, 3.63) is 116 Å². The van der Waals surface area contributed by atoms with Crippen LogP contribution in [0.5, 0.6) is 0 Å². The van der Waals surface area contributed by atoms with E-state index in [1.807, 2.05) is 83.4 Å². The third-order valence-corrected chi connectivity index (χ3v) is 8.96. The molecule has 1 fully saturated rings. The van der Waals surface area contributed by atoms with E-state index in [4.69, 9.17) is 0 Å². The van der Waals surface area contributed by atoms with Gasteiger partial charge in [-0.3, -0.25) is 19.1 Å². The van der Waals surface area contributed by atoms with Crippen LogP contribution in [0.2, 0.25) is 0 Å². The second-order valence-electron chi connectivity index (χ2n) is 11.4. The predicted octanol–water partition coefficient (Wildman–Crippen LogP) is 4.36. The molecule has 0 aliphatic heterocycles. The van der Waals surface area contributed by atoms with Gasteiger partial charge in [-0.05, 0) is 41.5 Å². The van der Waals surface area contributed by atoms with Crippen LogP contribution >= 0.6 is 0 Å². The molecule has 2 unspecified atom stereocenters. The first-order valence-corrected chi connectivity index (χ1v) is 14.6. The number of fused-ring (bicyclic) bond motifs is 3. The molecule has 1 saturated carbocycles. The number of aliphatic hydroxyl groups is 1. The van der Waals surface area contributed by atoms with E-state index in [1.165, 1.54) is 9.36 Å². The molecular weight excluding hydrogens is 528 g/mol. The standard InChI is InChI=1S/C34H36N4O4/c1-36-33(41)30-26-14-8-9-15-28(26)38(31(30)34(42)37(36)2)20-22-16-18-25(19-17-22)29(24-12-6-7-13-24)32(40)35-27(21-39)23-10-4-3-5-11-23/h3-5,8-11,14-19,24,27,29,39H,6-7,12-13,20-21H2,1-2H3,(H,35,40). The van der Waals surface area contributed by atoms with Crippen LogP contribution in [0.25, 0.3) is 21.8 Å². The van der Waals surface area contributed by atoms with Gasteiger partial charge in [0.2, 0.25) is 5.91 Å². The van der Waals surface area contributed by atoms with E-state index < -0.39 is 6.04 Å². The number of para-hydroxylation sites is 1. The zero-order valence-corrected chi connectivity index (χ0v) is 24.0. The second-order valence-corrected chi connectivity index (χ2v) is 11.4. The summed E-state index contributed by atoms with van der Waals surface area (Å²) in [4.78, 5) is 40.3. The van der Waals surface area contributed by atoms with Crippen LogP contribution in [0.15, 0.2) is 88.5 Å². The Hall–Kier alpha value is -4.43. The number of benzene rings is 3. The highest BCUT2D eigenvalue weighted by Gasteiger charge is 2.33. The summed E-state index contributed by atoms with van der Waals surface area (Å²) in [6.07, 6.45) is 4.21. The zero-order chi connectivity index (χ0) is 29.4. The molecule has 0 spiro atoms. The van der Waals surface area contributed by atoms with Gasteiger partial charge >= 0.3 is 0 Å². The van der Waals surface area contributed by atoms with Gasteiger partial charge in [0.25, 0.3) is 11.1 Å². The zero-order valence-electron chi connectivity index (χ0n) is 24.0. The Morgan fingerprint density at radius 3 is 2.19 bits per heavy atom. The lowest BCUT2D eigenvalue weighted by atomic mass is 9.83. The normalized spacial score (nSPS) is 15.3. The molecule has 1 amide bonds. The fourth-order valence-electron chi connectivity index (χ4n) is 6.62. The minimum absolute atomic E-state index is 0.0701. The van der Waals surface area contributed by atoms with Crippen molar-refractivity contribution in [2.75, 3.05) is 6.61 Å². The molecule has 2 aromatic heterocycles. The molecule has 0 radical (unpaired) electrons. The highest BCUT2D eigenvalue weighted by atomic mass is 16.3. The molecule has 2 atom stereocenters. The van der Waals surface area contributed by atoms with Crippen molar-refractivity contribution >= 4 is 27.7 Å². The van der Waals surface area contributed by atoms with Gasteiger partial charge < -0.3 is 15.0 Å². The number of carbonyl (C=O) groups is 1. The third-order valence-electron chi connectivity index (χ3n) is 8.96. The van der Waals surface area contributed by atoms with Gasteiger partial charge in [0.15, 0.2) is 0 Å². The summed E-state index contributed by atoms with van der Waals surface area (Å²) in [6.45, 7) is 0.237. The molecule has 0 bridgehead atoms. The third kappa shape index (κ3) is 4.86. The molecule has 2 N–H and O–H groups in total. The first kappa shape index (κ1) is 27.7. The van der Waals surface area contributed by atoms with Crippen molar-refractivity contribution in [1.82, 2.24) is 19.2 Å². The van der Waals surface area contributed by atoms with Crippen molar-refractivity contribution < 1.29 is 9.90 Å². The average molecular weight is 565 g/mol. The molecule has 216 valence electrons. The quantitative estimate of drug-likeness (QED) is 0.293. The summed E-state index contributed by atoms with van der Waals surface area (Å²) >= 11 is 0. The average Bonchev–Trinajstić information content (AvgIpc) is 3.66. The van der Waals surface area contributed by atoms with Gasteiger partial charge in [-0.25, -0.2) is 4.68 Å². The lowest BCUT2D eigenvalue weighted by Crippen LogP contribution is -2.37. The highest BCUT2D eigenvalue weighted by Crippen LogP contribution is 2.38. The van der Waals surface area contributed by atoms with E-state index in [0.29, 0.717) is 17.4 Å². The number of carbonyl (C=O) groups excluding carboxylic acids is 1. The molecular formula is C34H36N4O4. The molecule has 1 aliphatic carbocycles. The molecule has 8 nitrogen and oxygen atoms in total. The van der Waals surface area contributed by atoms with Gasteiger partial charge in [-0.15, -0.1) is 0 Å². The molecule has 42 heavy (non-hydrogen) atoms. The molecule has 8 heteroatoms. The fourth-order valence-corrected chi connectivity index (χ4v) is 6.62. The minimum Gasteiger partial charge on any atom is -0.394 e. The predicted molar refractivity (Wildman–Crippen MR) is 165 cm³/mol. The Balaban J connectivity index is 1.34. The number of hydrogen-bond acceptors (Lipinski definition) is 4. The number of rotatable bonds is 8. The van der Waals surface area contributed by atoms with Gasteiger partial charge in [-0.2, -0.15) is 0 Å². The summed E-state index contributed by atoms with van der Waals surface area (Å²) in [5.74, 6) is -0.148. The number of nitrogens with zero attached hydrogens (tertiary/aromatic N) is 3. The molecule has 6 rings (SSSR count). The van der Waals surface area contributed by atoms with Gasteiger partial charge in [0.1, 0.15) is 5.52 Å². The summed E-state index contributed by atoms with van der Waals surface area (Å²) in [7, 11) is 3.21. The number of hydrogen-bond donors (Lipinski definition) is 2. The van der Waals surface area contributed by atoms with Crippen molar-refractivity contribution in [2.24, 2.45) is 20.0 Å². The largest absolute Gasteiger partial charge is 0.394 e. The lowest BCUT2D eigenvalue weighted by Gasteiger charge is -2.26. The minimum atomic E-state index is -0.465. The highest BCUT2D eigenvalue weighted by molar-refractivity contribution is 6.07. The first-order valence-electron chi connectivity index (χ1n) is 14.6. The Bertz CT molecular complexity index is 1860. The van der Waals surface area contributed by atoms with Gasteiger partial charge in [0.05, 0.1) is 24.0 Å². The summed E-state index contributed by atoms with van der Waals surface area (Å²) < 4.78 is 4.63. The first-order chi connectivity index (χ1) is 20.4. The topological polar surface area (TPSA) is 98.3 Å². The van der Waals surface area contributed by atoms with E-state index in [-0.39, 0.29) is 35.5 Å². The Labute approximate surface area is 243 Å². The fraction of sp³-hybridized carbons (Fsp3) is 0.324. The summed E-state index contributed by atoms with van der Waals surface area (Å²) in [5, 5.41) is 14.4. The molecule has 1 aliphatic rings. The number of amides is 1. The van der Waals surface area contributed by atoms with Crippen LogP contribution in [-0.2, 0) is 25.4 Å². The molecule has 3 aromatic carbocycles. The molecule has 0 saturated heterocycles. The molecule has 5 aromatic rings. The van der Waals surface area contributed by atoms with E-state index in [0.717, 1.165) is 53.3 Å². The SMILES string of the molecule is Cn1c(=O)c2c3ccccc3n(Cc3ccc(C(C(=O)NC(CO)c4ccccc4)C4CCCC4)cc3)c2c(=O)n1C. The number of aromatic nitrogens is 3. The molecule has 2 heterocycles. The van der Waals surface area contributed by atoms with E-state index in [9.17, 15) is 19.5 Å². The van der Waals surface area contributed by atoms with E-state index >= 15 is 0 Å². The van der Waals surface area contributed by atoms with Crippen LogP contribution in [0, 0.1) is 5.92 Å². The second kappa shape index (κ2) is 11.4. The van der Waals surface area contributed by atoms with Crippen LogP contribution < -0.4 is 16.4 Å². The van der Waals surface area contributed by atoms with Crippen molar-refractivity contribution in [3.63, 3.8) is 0 Å². The van der Waals surface area contributed by atoms with E-state index in [2.05, 4.69) is 5.32 Å². The number of aliphatic hydroxyl groups excluding tert-OH is 1. The maximum atomic E-state index is 13.7. The maximum Gasteiger partial charge on any atom is 0.289 e. The van der Waals surface area contributed by atoms with Crippen molar-refractivity contribution in [3.8, 4) is 0 Å². The Morgan fingerprint density at radius 1 is 0.857 bits per heavy atom. The van der Waals surface area contributed by atoms with Crippen LogP contribution in [0.3, 0.4) is 0 Å². The van der Waals surface area contributed by atoms with Crippen molar-refractivity contribution in [2.45, 2.75) is 44.2 Å². The maximum absolute atomic E-state index is 13.7. The number of nitrogens with one attached hydrogen (secondary N) is 1. The van der Waals surface area contributed by atoms with Gasteiger partial charge in [-0.1, -0.05) is 85.6 Å². The summed E-state index contributed by atoms with van der Waals surface area (Å²) in [6, 6.07) is 24.8. The monoisotopic (exact) mass is 564 g/mol. The van der Waals surface area contributed by atoms with Crippen LogP contribution in [0.4, 0.5) is 0 Å².